The molecule has 1 N–H and O–H groups in total. The van der Waals surface area contributed by atoms with Crippen LogP contribution in [0.2, 0.25) is 0 Å². The smallest absolute Gasteiger partial charge is 0.142 e. The highest BCUT2D eigenvalue weighted by atomic mass is 16.3. The molecule has 0 bridgehead atoms. The van der Waals surface area contributed by atoms with Crippen LogP contribution in [-0.2, 0) is 4.79 Å². The fraction of sp³-hybridized carbons (Fsp3) is 0.583. The number of rotatable bonds is 8. The molecule has 0 aliphatic rings. The van der Waals surface area contributed by atoms with Crippen LogP contribution in [0.25, 0.3) is 0 Å². The molecule has 2 nitrogen and oxygen atoms in total. The molecule has 1 atom stereocenters. The number of allylic oxidation sites excluding steroid dienone is 2. The summed E-state index contributed by atoms with van der Waals surface area (Å²) in [5.74, 6) is 0. The number of hydrogen-bond acceptors (Lipinski definition) is 2. The lowest BCUT2D eigenvalue weighted by atomic mass is 10.1. The number of carbonyl (C=O) groups is 1. The van der Waals surface area contributed by atoms with Crippen LogP contribution in [0.4, 0.5) is 0 Å². The van der Waals surface area contributed by atoms with Crippen molar-refractivity contribution in [2.75, 3.05) is 0 Å². The Morgan fingerprint density at radius 2 is 2.07 bits per heavy atom. The van der Waals surface area contributed by atoms with Crippen molar-refractivity contribution in [3.8, 4) is 0 Å². The minimum Gasteiger partial charge on any atom is -0.389 e. The number of aldehydes is 1. The van der Waals surface area contributed by atoms with Crippen molar-refractivity contribution in [1.82, 2.24) is 0 Å². The first-order chi connectivity index (χ1) is 6.81. The molecule has 2 heteroatoms. The highest BCUT2D eigenvalue weighted by Crippen LogP contribution is 2.01. The quantitative estimate of drug-likeness (QED) is 0.280. The fourth-order valence-electron chi connectivity index (χ4n) is 1.12. The third-order valence-corrected chi connectivity index (χ3v) is 1.93. The lowest BCUT2D eigenvalue weighted by molar-refractivity contribution is -0.104. The minimum atomic E-state index is -0.525. The van der Waals surface area contributed by atoms with E-state index in [0.29, 0.717) is 12.7 Å². The fourth-order valence-corrected chi connectivity index (χ4v) is 1.12. The Hall–Kier alpha value is -0.890. The summed E-state index contributed by atoms with van der Waals surface area (Å²) in [6, 6.07) is 0. The van der Waals surface area contributed by atoms with Gasteiger partial charge in [0.25, 0.3) is 0 Å². The lowest BCUT2D eigenvalue weighted by Crippen LogP contribution is -1.99. The van der Waals surface area contributed by atoms with Crippen molar-refractivity contribution in [3.63, 3.8) is 0 Å². The van der Waals surface area contributed by atoms with Gasteiger partial charge in [0.2, 0.25) is 0 Å². The van der Waals surface area contributed by atoms with Gasteiger partial charge < -0.3 is 5.11 Å². The summed E-state index contributed by atoms with van der Waals surface area (Å²) in [5, 5.41) is 9.29. The van der Waals surface area contributed by atoms with Gasteiger partial charge >= 0.3 is 0 Å². The second-order valence-electron chi connectivity index (χ2n) is 3.29. The Morgan fingerprint density at radius 1 is 1.29 bits per heavy atom. The summed E-state index contributed by atoms with van der Waals surface area (Å²) in [5.41, 5.74) is 0. The summed E-state index contributed by atoms with van der Waals surface area (Å²) in [7, 11) is 0. The molecule has 0 spiro atoms. The Labute approximate surface area is 86.3 Å². The number of aliphatic hydroxyl groups excluding tert-OH is 1. The first-order valence-electron chi connectivity index (χ1n) is 5.26. The van der Waals surface area contributed by atoms with Gasteiger partial charge in [-0.2, -0.15) is 0 Å². The van der Waals surface area contributed by atoms with Crippen molar-refractivity contribution in [1.29, 1.82) is 0 Å². The predicted octanol–water partition coefficient (Wildman–Crippen LogP) is 2.63. The zero-order chi connectivity index (χ0) is 10.6. The van der Waals surface area contributed by atoms with Gasteiger partial charge in [0.15, 0.2) is 0 Å². The second kappa shape index (κ2) is 10.2. The molecule has 80 valence electrons. The number of aliphatic hydroxyl groups is 1. The van der Waals surface area contributed by atoms with Gasteiger partial charge in [0, 0.05) is 0 Å². The molecule has 0 fully saturated rings. The van der Waals surface area contributed by atoms with Crippen molar-refractivity contribution in [2.24, 2.45) is 0 Å². The summed E-state index contributed by atoms with van der Waals surface area (Å²) in [4.78, 5) is 9.94. The van der Waals surface area contributed by atoms with Crippen LogP contribution in [0.5, 0.6) is 0 Å². The summed E-state index contributed by atoms with van der Waals surface area (Å²) >= 11 is 0. The van der Waals surface area contributed by atoms with Crippen LogP contribution >= 0.6 is 0 Å². The van der Waals surface area contributed by atoms with Crippen molar-refractivity contribution in [2.45, 2.75) is 45.1 Å². The largest absolute Gasteiger partial charge is 0.389 e. The summed E-state index contributed by atoms with van der Waals surface area (Å²) < 4.78 is 0. The van der Waals surface area contributed by atoms with Gasteiger partial charge in [0.1, 0.15) is 6.29 Å². The first-order valence-corrected chi connectivity index (χ1v) is 5.26. The molecule has 0 aromatic heterocycles. The van der Waals surface area contributed by atoms with Crippen LogP contribution in [0.15, 0.2) is 24.3 Å². The zero-order valence-electron chi connectivity index (χ0n) is 8.86. The molecule has 0 aliphatic heterocycles. The van der Waals surface area contributed by atoms with E-state index in [2.05, 4.69) is 13.0 Å². The van der Waals surface area contributed by atoms with Crippen molar-refractivity contribution in [3.05, 3.63) is 24.3 Å². The minimum absolute atomic E-state index is 0.525. The van der Waals surface area contributed by atoms with Crippen molar-refractivity contribution < 1.29 is 9.90 Å². The number of hydrogen-bond donors (Lipinski definition) is 1. The molecule has 1 unspecified atom stereocenters. The van der Waals surface area contributed by atoms with Gasteiger partial charge in [-0.05, 0) is 25.3 Å². The van der Waals surface area contributed by atoms with Gasteiger partial charge in [-0.15, -0.1) is 0 Å². The van der Waals surface area contributed by atoms with Crippen LogP contribution in [0.1, 0.15) is 39.0 Å². The number of unbranched alkanes of at least 4 members (excludes halogenated alkanes) is 3. The Balaban J connectivity index is 3.40. The average molecular weight is 196 g/mol. The molecule has 0 saturated heterocycles. The Morgan fingerprint density at radius 3 is 2.71 bits per heavy atom. The number of carbonyl (C=O) groups excluding carboxylic acids is 1. The van der Waals surface area contributed by atoms with E-state index in [9.17, 15) is 9.90 Å². The standard InChI is InChI=1S/C12H20O2/c1-2-3-4-5-6-7-9-12(14)10-8-11-13/h6-8,10-12,14H,2-5,9H2,1H3/b7-6+,10-8+. The maximum absolute atomic E-state index is 9.94. The highest BCUT2D eigenvalue weighted by Gasteiger charge is 1.93. The second-order valence-corrected chi connectivity index (χ2v) is 3.29. The van der Waals surface area contributed by atoms with Gasteiger partial charge in [0.05, 0.1) is 6.10 Å². The molecule has 0 rings (SSSR count). The Kier molecular flexibility index (Phi) is 9.54. The molecule has 14 heavy (non-hydrogen) atoms. The molecular weight excluding hydrogens is 176 g/mol. The van der Waals surface area contributed by atoms with Gasteiger partial charge in [-0.3, -0.25) is 4.79 Å². The topological polar surface area (TPSA) is 37.3 Å². The maximum atomic E-state index is 9.94. The van der Waals surface area contributed by atoms with E-state index in [-0.39, 0.29) is 0 Å². The van der Waals surface area contributed by atoms with Gasteiger partial charge in [-0.1, -0.05) is 38.0 Å². The summed E-state index contributed by atoms with van der Waals surface area (Å²) in [6.07, 6.45) is 12.4. The SMILES string of the molecule is CCCCC/C=C/CC(O)/C=C/C=O. The average Bonchev–Trinajstić information content (AvgIpc) is 2.20. The Bertz CT molecular complexity index is 183. The monoisotopic (exact) mass is 196 g/mol. The molecular formula is C12H20O2. The zero-order valence-corrected chi connectivity index (χ0v) is 8.86. The predicted molar refractivity (Wildman–Crippen MR) is 59.1 cm³/mol. The molecule has 0 saturated carbocycles. The third kappa shape index (κ3) is 9.20. The summed E-state index contributed by atoms with van der Waals surface area (Å²) in [6.45, 7) is 2.18. The van der Waals surface area contributed by atoms with E-state index in [1.54, 1.807) is 0 Å². The molecule has 0 aromatic carbocycles. The van der Waals surface area contributed by atoms with Crippen molar-refractivity contribution >= 4 is 6.29 Å². The maximum Gasteiger partial charge on any atom is 0.142 e. The van der Waals surface area contributed by atoms with Gasteiger partial charge in [-0.25, -0.2) is 0 Å². The van der Waals surface area contributed by atoms with E-state index in [1.807, 2.05) is 6.08 Å². The van der Waals surface area contributed by atoms with Crippen LogP contribution in [-0.4, -0.2) is 17.5 Å². The molecule has 0 heterocycles. The normalized spacial score (nSPS) is 13.9. The molecule has 0 amide bonds. The molecule has 0 radical (unpaired) electrons. The van der Waals surface area contributed by atoms with E-state index in [1.165, 1.54) is 31.4 Å². The van der Waals surface area contributed by atoms with E-state index < -0.39 is 6.10 Å². The van der Waals surface area contributed by atoms with Crippen LogP contribution < -0.4 is 0 Å². The van der Waals surface area contributed by atoms with E-state index in [0.717, 1.165) is 6.42 Å². The highest BCUT2D eigenvalue weighted by molar-refractivity contribution is 5.64. The van der Waals surface area contributed by atoms with Crippen LogP contribution in [0.3, 0.4) is 0 Å². The molecule has 0 aromatic rings. The lowest BCUT2D eigenvalue weighted by Gasteiger charge is -1.98. The van der Waals surface area contributed by atoms with Crippen LogP contribution in [0, 0.1) is 0 Å². The third-order valence-electron chi connectivity index (χ3n) is 1.93. The van der Waals surface area contributed by atoms with E-state index >= 15 is 0 Å². The first kappa shape index (κ1) is 13.1. The molecule has 0 aliphatic carbocycles. The van der Waals surface area contributed by atoms with E-state index in [4.69, 9.17) is 0 Å².